The maximum atomic E-state index is 11.3. The van der Waals surface area contributed by atoms with Crippen molar-refractivity contribution in [1.82, 2.24) is 0 Å². The lowest BCUT2D eigenvalue weighted by molar-refractivity contribution is -0.142. The molecule has 110 valence electrons. The zero-order valence-corrected chi connectivity index (χ0v) is 13.6. The maximum absolute atomic E-state index is 11.3. The molecule has 1 saturated carbocycles. The molecule has 1 N–H and O–H groups in total. The molecule has 2 nitrogen and oxygen atoms in total. The van der Waals surface area contributed by atoms with Crippen LogP contribution in [0, 0.1) is 32.6 Å². The number of thioether (sulfide) groups is 1. The lowest BCUT2D eigenvalue weighted by atomic mass is 9.93. The summed E-state index contributed by atoms with van der Waals surface area (Å²) in [5.74, 6) is -0.460. The van der Waals surface area contributed by atoms with E-state index in [0.29, 0.717) is 11.2 Å². The first-order chi connectivity index (χ1) is 9.40. The van der Waals surface area contributed by atoms with Gasteiger partial charge in [-0.3, -0.25) is 4.79 Å². The largest absolute Gasteiger partial charge is 0.481 e. The highest BCUT2D eigenvalue weighted by Crippen LogP contribution is 2.42. The highest BCUT2D eigenvalue weighted by Gasteiger charge is 2.36. The van der Waals surface area contributed by atoms with E-state index in [0.717, 1.165) is 19.3 Å². The van der Waals surface area contributed by atoms with Crippen molar-refractivity contribution < 1.29 is 9.90 Å². The van der Waals surface area contributed by atoms with Gasteiger partial charge in [0.15, 0.2) is 0 Å². The molecule has 1 aromatic carbocycles. The highest BCUT2D eigenvalue weighted by atomic mass is 32.2. The molecule has 20 heavy (non-hydrogen) atoms. The van der Waals surface area contributed by atoms with E-state index in [1.807, 2.05) is 11.8 Å². The van der Waals surface area contributed by atoms with Gasteiger partial charge in [-0.1, -0.05) is 31.0 Å². The van der Waals surface area contributed by atoms with Crippen LogP contribution in [-0.4, -0.2) is 16.3 Å². The Morgan fingerprint density at radius 2 is 1.85 bits per heavy atom. The molecule has 1 aliphatic rings. The number of aryl methyl sites for hydroxylation is 3. The molecule has 0 heterocycles. The Morgan fingerprint density at radius 1 is 1.25 bits per heavy atom. The number of rotatable bonds is 4. The SMILES string of the molecule is Cc1cc(C)c(SC(C)C2CCCC2C(=O)O)c(C)c1. The normalized spacial score (nSPS) is 23.8. The van der Waals surface area contributed by atoms with Crippen LogP contribution in [0.5, 0.6) is 0 Å². The molecule has 0 amide bonds. The molecule has 1 aliphatic carbocycles. The van der Waals surface area contributed by atoms with Crippen molar-refractivity contribution >= 4 is 17.7 Å². The summed E-state index contributed by atoms with van der Waals surface area (Å²) in [4.78, 5) is 12.7. The first kappa shape index (κ1) is 15.4. The fourth-order valence-corrected chi connectivity index (χ4v) is 4.85. The van der Waals surface area contributed by atoms with Crippen molar-refractivity contribution in [2.45, 2.75) is 57.1 Å². The first-order valence-electron chi connectivity index (χ1n) is 7.37. The predicted molar refractivity (Wildman–Crippen MR) is 84.4 cm³/mol. The van der Waals surface area contributed by atoms with Gasteiger partial charge in [-0.25, -0.2) is 0 Å². The van der Waals surface area contributed by atoms with Crippen molar-refractivity contribution in [2.75, 3.05) is 0 Å². The summed E-state index contributed by atoms with van der Waals surface area (Å²) in [5, 5.41) is 9.69. The zero-order valence-electron chi connectivity index (χ0n) is 12.8. The summed E-state index contributed by atoms with van der Waals surface area (Å²) in [5.41, 5.74) is 3.91. The van der Waals surface area contributed by atoms with E-state index in [2.05, 4.69) is 39.8 Å². The minimum absolute atomic E-state index is 0.149. The molecule has 3 unspecified atom stereocenters. The van der Waals surface area contributed by atoms with Crippen LogP contribution in [0.4, 0.5) is 0 Å². The maximum Gasteiger partial charge on any atom is 0.306 e. The Kier molecular flexibility index (Phi) is 4.79. The van der Waals surface area contributed by atoms with E-state index in [9.17, 15) is 9.90 Å². The van der Waals surface area contributed by atoms with Crippen molar-refractivity contribution in [1.29, 1.82) is 0 Å². The number of benzene rings is 1. The lowest BCUT2D eigenvalue weighted by Gasteiger charge is -2.24. The highest BCUT2D eigenvalue weighted by molar-refractivity contribution is 8.00. The van der Waals surface area contributed by atoms with Crippen molar-refractivity contribution in [3.8, 4) is 0 Å². The molecule has 2 rings (SSSR count). The van der Waals surface area contributed by atoms with Gasteiger partial charge in [-0.05, 0) is 50.7 Å². The average molecular weight is 292 g/mol. The second-order valence-corrected chi connectivity index (χ2v) is 7.48. The van der Waals surface area contributed by atoms with Crippen LogP contribution in [0.1, 0.15) is 42.9 Å². The van der Waals surface area contributed by atoms with Gasteiger partial charge in [0.1, 0.15) is 0 Å². The molecule has 1 fully saturated rings. The van der Waals surface area contributed by atoms with Crippen LogP contribution in [0.3, 0.4) is 0 Å². The summed E-state index contributed by atoms with van der Waals surface area (Å²) < 4.78 is 0. The van der Waals surface area contributed by atoms with Gasteiger partial charge in [0.2, 0.25) is 0 Å². The Balaban J connectivity index is 2.16. The summed E-state index contributed by atoms with van der Waals surface area (Å²) in [6.07, 6.45) is 2.95. The molecule has 0 aliphatic heterocycles. The van der Waals surface area contributed by atoms with Gasteiger partial charge in [0.05, 0.1) is 5.92 Å². The minimum atomic E-state index is -0.614. The third-order valence-electron chi connectivity index (χ3n) is 4.40. The molecular formula is C17H24O2S. The molecule has 0 aromatic heterocycles. The standard InChI is InChI=1S/C17H24O2S/c1-10-8-11(2)16(12(3)9-10)20-13(4)14-6-5-7-15(14)17(18)19/h8-9,13-15H,5-7H2,1-4H3,(H,18,19). The van der Waals surface area contributed by atoms with Crippen molar-refractivity contribution in [2.24, 2.45) is 11.8 Å². The fourth-order valence-electron chi connectivity index (χ4n) is 3.48. The van der Waals surface area contributed by atoms with E-state index < -0.39 is 5.97 Å². The molecule has 1 aromatic rings. The third-order valence-corrected chi connectivity index (χ3v) is 6.00. The van der Waals surface area contributed by atoms with Crippen LogP contribution in [0.15, 0.2) is 17.0 Å². The molecule has 0 bridgehead atoms. The van der Waals surface area contributed by atoms with Gasteiger partial charge in [-0.15, -0.1) is 11.8 Å². The van der Waals surface area contributed by atoms with E-state index in [-0.39, 0.29) is 5.92 Å². The smallest absolute Gasteiger partial charge is 0.306 e. The average Bonchev–Trinajstić information content (AvgIpc) is 2.82. The number of carbonyl (C=O) groups is 1. The summed E-state index contributed by atoms with van der Waals surface area (Å²) in [6.45, 7) is 8.61. The van der Waals surface area contributed by atoms with Gasteiger partial charge in [0, 0.05) is 10.1 Å². The molecule has 3 heteroatoms. The Labute approximate surface area is 126 Å². The minimum Gasteiger partial charge on any atom is -0.481 e. The van der Waals surface area contributed by atoms with Crippen molar-refractivity contribution in [3.63, 3.8) is 0 Å². The Bertz CT molecular complexity index is 487. The number of aliphatic carboxylic acids is 1. The quantitative estimate of drug-likeness (QED) is 0.824. The zero-order chi connectivity index (χ0) is 14.9. The summed E-state index contributed by atoms with van der Waals surface area (Å²) in [6, 6.07) is 4.43. The monoisotopic (exact) mass is 292 g/mol. The van der Waals surface area contributed by atoms with E-state index in [1.54, 1.807) is 0 Å². The second kappa shape index (κ2) is 6.21. The van der Waals surface area contributed by atoms with Crippen LogP contribution in [0.25, 0.3) is 0 Å². The van der Waals surface area contributed by atoms with Crippen LogP contribution in [-0.2, 0) is 4.79 Å². The fraction of sp³-hybridized carbons (Fsp3) is 0.588. The lowest BCUT2D eigenvalue weighted by Crippen LogP contribution is -2.25. The predicted octanol–water partition coefficient (Wildman–Crippen LogP) is 4.59. The van der Waals surface area contributed by atoms with E-state index in [1.165, 1.54) is 21.6 Å². The molecule has 0 saturated heterocycles. The Morgan fingerprint density at radius 3 is 2.40 bits per heavy atom. The van der Waals surface area contributed by atoms with Crippen LogP contribution in [0.2, 0.25) is 0 Å². The second-order valence-electron chi connectivity index (χ2n) is 6.09. The topological polar surface area (TPSA) is 37.3 Å². The molecule has 0 spiro atoms. The van der Waals surface area contributed by atoms with Gasteiger partial charge in [-0.2, -0.15) is 0 Å². The van der Waals surface area contributed by atoms with Gasteiger partial charge in [0.25, 0.3) is 0 Å². The first-order valence-corrected chi connectivity index (χ1v) is 8.25. The van der Waals surface area contributed by atoms with Crippen molar-refractivity contribution in [3.05, 3.63) is 28.8 Å². The van der Waals surface area contributed by atoms with E-state index in [4.69, 9.17) is 0 Å². The number of hydrogen-bond acceptors (Lipinski definition) is 2. The van der Waals surface area contributed by atoms with Crippen LogP contribution < -0.4 is 0 Å². The van der Waals surface area contributed by atoms with Crippen LogP contribution >= 0.6 is 11.8 Å². The van der Waals surface area contributed by atoms with Gasteiger partial charge >= 0.3 is 5.97 Å². The Hall–Kier alpha value is -0.960. The summed E-state index contributed by atoms with van der Waals surface area (Å²) in [7, 11) is 0. The number of hydrogen-bond donors (Lipinski definition) is 1. The molecule has 3 atom stereocenters. The van der Waals surface area contributed by atoms with Gasteiger partial charge < -0.3 is 5.11 Å². The number of carboxylic acid groups (broad SMARTS) is 1. The number of carboxylic acids is 1. The summed E-state index contributed by atoms with van der Waals surface area (Å²) >= 11 is 1.86. The molecule has 0 radical (unpaired) electrons. The third kappa shape index (κ3) is 3.20. The molecular weight excluding hydrogens is 268 g/mol. The van der Waals surface area contributed by atoms with E-state index >= 15 is 0 Å².